The second-order valence-corrected chi connectivity index (χ2v) is 7.43. The van der Waals surface area contributed by atoms with Crippen molar-refractivity contribution in [1.29, 1.82) is 0 Å². The van der Waals surface area contributed by atoms with Gasteiger partial charge in [0.15, 0.2) is 5.65 Å². The molecule has 30 heavy (non-hydrogen) atoms. The number of benzene rings is 1. The second-order valence-electron chi connectivity index (χ2n) is 7.43. The Kier molecular flexibility index (Phi) is 5.57. The molecule has 0 spiro atoms. The lowest BCUT2D eigenvalue weighted by Gasteiger charge is -2.24. The first kappa shape index (κ1) is 21.7. The molecule has 0 amide bonds. The van der Waals surface area contributed by atoms with Crippen LogP contribution in [0.3, 0.4) is 0 Å². The number of hydrogen-bond donors (Lipinski definition) is 1. The fourth-order valence-electron chi connectivity index (χ4n) is 3.32. The summed E-state index contributed by atoms with van der Waals surface area (Å²) in [5.41, 5.74) is -1.96. The number of rotatable bonds is 5. The minimum absolute atomic E-state index is 0.0214. The lowest BCUT2D eigenvalue weighted by Crippen LogP contribution is -2.22. The van der Waals surface area contributed by atoms with Gasteiger partial charge in [-0.05, 0) is 18.1 Å². The maximum absolute atomic E-state index is 14.7. The van der Waals surface area contributed by atoms with Gasteiger partial charge in [0, 0.05) is 19.7 Å². The maximum atomic E-state index is 14.7. The van der Waals surface area contributed by atoms with Gasteiger partial charge in [-0.2, -0.15) is 23.3 Å². The van der Waals surface area contributed by atoms with Gasteiger partial charge in [-0.15, -0.1) is 0 Å². The van der Waals surface area contributed by atoms with Gasteiger partial charge < -0.3 is 4.90 Å². The van der Waals surface area contributed by atoms with E-state index in [9.17, 15) is 26.7 Å². The Hall–Kier alpha value is -2.98. The van der Waals surface area contributed by atoms with Crippen molar-refractivity contribution in [2.75, 3.05) is 19.0 Å². The molecule has 0 aliphatic heterocycles. The smallest absolute Gasteiger partial charge is 0.348 e. The van der Waals surface area contributed by atoms with E-state index in [4.69, 9.17) is 0 Å². The van der Waals surface area contributed by atoms with Crippen LogP contribution in [0.4, 0.5) is 27.9 Å². The molecule has 0 radical (unpaired) electrons. The lowest BCUT2D eigenvalue weighted by molar-refractivity contribution is -0.137. The number of aromatic amines is 1. The number of anilines is 1. The van der Waals surface area contributed by atoms with E-state index in [1.165, 1.54) is 9.58 Å². The van der Waals surface area contributed by atoms with Crippen LogP contribution in [-0.4, -0.2) is 33.8 Å². The van der Waals surface area contributed by atoms with E-state index in [1.807, 2.05) is 0 Å². The topological polar surface area (TPSA) is 66.8 Å². The molecular weight excluding hydrogens is 409 g/mol. The van der Waals surface area contributed by atoms with Crippen LogP contribution >= 0.6 is 0 Å². The van der Waals surface area contributed by atoms with Crippen molar-refractivity contribution >= 4 is 17.0 Å². The number of nitrogens with one attached hydrogen (secondary N) is 1. The third-order valence-corrected chi connectivity index (χ3v) is 4.71. The third-order valence-electron chi connectivity index (χ3n) is 4.71. The number of alkyl halides is 4. The Morgan fingerprint density at radius 3 is 2.40 bits per heavy atom. The molecule has 0 unspecified atom stereocenters. The van der Waals surface area contributed by atoms with E-state index in [0.29, 0.717) is 6.07 Å². The van der Waals surface area contributed by atoms with Gasteiger partial charge in [0.05, 0.1) is 11.6 Å². The molecule has 0 bridgehead atoms. The number of H-pyrrole nitrogens is 1. The molecule has 2 aromatic heterocycles. The summed E-state index contributed by atoms with van der Waals surface area (Å²) >= 11 is 0. The Morgan fingerprint density at radius 1 is 1.23 bits per heavy atom. The third kappa shape index (κ3) is 3.75. The minimum atomic E-state index is -4.69. The fraction of sp³-hybridized carbons (Fsp3) is 0.421. The molecule has 3 aromatic rings. The minimum Gasteiger partial charge on any atom is -0.348 e. The van der Waals surface area contributed by atoms with E-state index >= 15 is 0 Å². The molecule has 6 nitrogen and oxygen atoms in total. The fourth-order valence-corrected chi connectivity index (χ4v) is 3.32. The number of hydrogen-bond acceptors (Lipinski definition) is 4. The van der Waals surface area contributed by atoms with Gasteiger partial charge in [0.2, 0.25) is 5.95 Å². The zero-order chi connectivity index (χ0) is 22.4. The summed E-state index contributed by atoms with van der Waals surface area (Å²) in [4.78, 5) is 20.9. The first-order valence-corrected chi connectivity index (χ1v) is 9.07. The van der Waals surface area contributed by atoms with Crippen LogP contribution < -0.4 is 10.5 Å². The molecule has 0 saturated carbocycles. The molecule has 0 fully saturated rings. The van der Waals surface area contributed by atoms with Gasteiger partial charge in [-0.25, -0.2) is 13.5 Å². The molecule has 3 rings (SSSR count). The number of fused-ring (bicyclic) bond motifs is 1. The molecule has 1 aromatic carbocycles. The highest BCUT2D eigenvalue weighted by Crippen LogP contribution is 2.35. The van der Waals surface area contributed by atoms with Gasteiger partial charge in [-0.3, -0.25) is 9.78 Å². The first-order chi connectivity index (χ1) is 14.0. The number of aromatic nitrogens is 4. The average molecular weight is 429 g/mol. The van der Waals surface area contributed by atoms with E-state index < -0.39 is 35.8 Å². The zero-order valence-corrected chi connectivity index (χ0v) is 16.7. The molecule has 11 heteroatoms. The monoisotopic (exact) mass is 429 g/mol. The molecule has 0 aliphatic rings. The largest absolute Gasteiger partial charge is 0.416 e. The highest BCUT2D eigenvalue weighted by Gasteiger charge is 2.33. The van der Waals surface area contributed by atoms with Crippen LogP contribution in [0, 0.1) is 11.7 Å². The Labute approximate surface area is 168 Å². The summed E-state index contributed by atoms with van der Waals surface area (Å²) in [7, 11) is 3.27. The van der Waals surface area contributed by atoms with E-state index in [1.54, 1.807) is 27.9 Å². The van der Waals surface area contributed by atoms with Crippen LogP contribution in [0.15, 0.2) is 23.0 Å². The van der Waals surface area contributed by atoms with Crippen molar-refractivity contribution < 1.29 is 22.0 Å². The summed E-state index contributed by atoms with van der Waals surface area (Å²) < 4.78 is 68.3. The van der Waals surface area contributed by atoms with Crippen molar-refractivity contribution in [2.24, 2.45) is 5.92 Å². The van der Waals surface area contributed by atoms with Gasteiger partial charge >= 0.3 is 6.18 Å². The van der Waals surface area contributed by atoms with Crippen LogP contribution in [0.2, 0.25) is 0 Å². The summed E-state index contributed by atoms with van der Waals surface area (Å²) in [5, 5.41) is 4.05. The Bertz CT molecular complexity index is 1130. The van der Waals surface area contributed by atoms with Crippen LogP contribution in [0.1, 0.15) is 36.7 Å². The predicted molar refractivity (Wildman–Crippen MR) is 102 cm³/mol. The quantitative estimate of drug-likeness (QED) is 0.622. The molecule has 1 atom stereocenters. The molecular formula is C19H20F5N5O. The number of nitrogens with zero attached hydrogens (tertiary/aromatic N) is 4. The van der Waals surface area contributed by atoms with Gasteiger partial charge in [-0.1, -0.05) is 19.9 Å². The number of halogens is 5. The van der Waals surface area contributed by atoms with Crippen molar-refractivity contribution in [3.8, 4) is 0 Å². The maximum Gasteiger partial charge on any atom is 0.416 e. The van der Waals surface area contributed by atoms with Gasteiger partial charge in [0.25, 0.3) is 5.56 Å². The normalized spacial score (nSPS) is 13.3. The van der Waals surface area contributed by atoms with Crippen LogP contribution in [0.5, 0.6) is 0 Å². The van der Waals surface area contributed by atoms with Crippen molar-refractivity contribution in [3.63, 3.8) is 0 Å². The molecule has 162 valence electrons. The molecule has 2 heterocycles. The molecule has 1 N–H and O–H groups in total. The van der Waals surface area contributed by atoms with E-state index in [2.05, 4.69) is 15.1 Å². The summed E-state index contributed by atoms with van der Waals surface area (Å²) in [5.74, 6) is -1.27. The van der Waals surface area contributed by atoms with Crippen molar-refractivity contribution in [1.82, 2.24) is 19.7 Å². The molecule has 0 aliphatic carbocycles. The van der Waals surface area contributed by atoms with Crippen molar-refractivity contribution in [2.45, 2.75) is 32.7 Å². The highest BCUT2D eigenvalue weighted by atomic mass is 19.4. The van der Waals surface area contributed by atoms with Gasteiger partial charge in [0.1, 0.15) is 23.6 Å². The Balaban J connectivity index is 2.29. The predicted octanol–water partition coefficient (Wildman–Crippen LogP) is 4.06. The average Bonchev–Trinajstić information content (AvgIpc) is 3.01. The standard InChI is InChI=1S/C19H20F5N5O/c1-9(2)15(11-6-5-10(7-12(11)21)19(22,23)24)29-16-14(13(8-20)27-29)17(30)26-18(25-16)28(3)4/h5-7,9,15H,8H2,1-4H3,(H,25,26,30)/t15-/m1/s1. The van der Waals surface area contributed by atoms with Crippen LogP contribution in [-0.2, 0) is 12.9 Å². The van der Waals surface area contributed by atoms with Crippen LogP contribution in [0.25, 0.3) is 11.0 Å². The SMILES string of the molecule is CC(C)[C@H](c1ccc(C(F)(F)F)cc1F)n1nc(CF)c2c(=O)[nH]c(N(C)C)nc21. The highest BCUT2D eigenvalue weighted by molar-refractivity contribution is 5.78. The van der Waals surface area contributed by atoms with E-state index in [-0.39, 0.29) is 34.2 Å². The summed E-state index contributed by atoms with van der Waals surface area (Å²) in [6, 6.07) is 1.31. The summed E-state index contributed by atoms with van der Waals surface area (Å²) in [6.07, 6.45) is -4.69. The summed E-state index contributed by atoms with van der Waals surface area (Å²) in [6.45, 7) is 2.37. The lowest BCUT2D eigenvalue weighted by atomic mass is 9.94. The van der Waals surface area contributed by atoms with E-state index in [0.717, 1.165) is 12.1 Å². The van der Waals surface area contributed by atoms with Crippen molar-refractivity contribution in [3.05, 3.63) is 51.2 Å². The molecule has 0 saturated heterocycles. The second kappa shape index (κ2) is 7.69. The zero-order valence-electron chi connectivity index (χ0n) is 16.7. The Morgan fingerprint density at radius 2 is 1.90 bits per heavy atom. The first-order valence-electron chi connectivity index (χ1n) is 9.07.